The van der Waals surface area contributed by atoms with E-state index in [1.807, 2.05) is 12.1 Å². The molecule has 1 fully saturated rings. The van der Waals surface area contributed by atoms with Crippen LogP contribution in [0.5, 0.6) is 5.75 Å². The van der Waals surface area contributed by atoms with Gasteiger partial charge in [-0.15, -0.1) is 0 Å². The second-order valence-corrected chi connectivity index (χ2v) is 4.55. The van der Waals surface area contributed by atoms with E-state index in [4.69, 9.17) is 0 Å². The van der Waals surface area contributed by atoms with E-state index in [0.29, 0.717) is 18.4 Å². The van der Waals surface area contributed by atoms with Gasteiger partial charge in [0, 0.05) is 38.3 Å². The number of phenolic OH excluding ortho intramolecular Hbond substituents is 1. The van der Waals surface area contributed by atoms with Gasteiger partial charge < -0.3 is 10.0 Å². The Kier molecular flexibility index (Phi) is 3.76. The first-order valence-corrected chi connectivity index (χ1v) is 5.87. The van der Waals surface area contributed by atoms with Crippen molar-refractivity contribution in [2.45, 2.75) is 6.54 Å². The van der Waals surface area contributed by atoms with Gasteiger partial charge in [0.15, 0.2) is 6.29 Å². The number of aromatic hydroxyl groups is 1. The number of carbonyl (C=O) groups excluding carboxylic acids is 1. The Balaban J connectivity index is 2.06. The number of nitrogens with zero attached hydrogens (tertiary/aromatic N) is 2. The first-order chi connectivity index (χ1) is 8.20. The average molecular weight is 234 g/mol. The molecule has 1 heterocycles. The SMILES string of the molecule is CN1CCN(Cc2cccc(C=O)c2O)CC1. The van der Waals surface area contributed by atoms with E-state index in [0.717, 1.165) is 31.7 Å². The number of benzene rings is 1. The van der Waals surface area contributed by atoms with Crippen molar-refractivity contribution in [3.05, 3.63) is 29.3 Å². The van der Waals surface area contributed by atoms with E-state index in [1.165, 1.54) is 0 Å². The summed E-state index contributed by atoms with van der Waals surface area (Å²) >= 11 is 0. The molecule has 0 radical (unpaired) electrons. The Morgan fingerprint density at radius 3 is 2.65 bits per heavy atom. The van der Waals surface area contributed by atoms with E-state index in [-0.39, 0.29) is 5.75 Å². The molecule has 0 amide bonds. The summed E-state index contributed by atoms with van der Waals surface area (Å²) in [5.74, 6) is 0.126. The molecular weight excluding hydrogens is 216 g/mol. The lowest BCUT2D eigenvalue weighted by Crippen LogP contribution is -2.43. The molecule has 0 spiro atoms. The minimum absolute atomic E-state index is 0.126. The third-order valence-corrected chi connectivity index (χ3v) is 3.27. The van der Waals surface area contributed by atoms with E-state index >= 15 is 0 Å². The van der Waals surface area contributed by atoms with E-state index in [2.05, 4.69) is 16.8 Å². The maximum absolute atomic E-state index is 10.7. The Morgan fingerprint density at radius 2 is 2.00 bits per heavy atom. The Labute approximate surface area is 101 Å². The van der Waals surface area contributed by atoms with Crippen molar-refractivity contribution in [2.75, 3.05) is 33.2 Å². The highest BCUT2D eigenvalue weighted by atomic mass is 16.3. The fraction of sp³-hybridized carbons (Fsp3) is 0.462. The molecule has 17 heavy (non-hydrogen) atoms. The predicted octanol–water partition coefficient (Wildman–Crippen LogP) is 0.952. The monoisotopic (exact) mass is 234 g/mol. The Hall–Kier alpha value is -1.39. The van der Waals surface area contributed by atoms with Gasteiger partial charge in [0.1, 0.15) is 5.75 Å². The molecule has 0 unspecified atom stereocenters. The summed E-state index contributed by atoms with van der Waals surface area (Å²) in [7, 11) is 2.11. The molecule has 2 rings (SSSR count). The van der Waals surface area contributed by atoms with Crippen molar-refractivity contribution in [2.24, 2.45) is 0 Å². The maximum atomic E-state index is 10.7. The summed E-state index contributed by atoms with van der Waals surface area (Å²) in [4.78, 5) is 15.3. The highest BCUT2D eigenvalue weighted by Crippen LogP contribution is 2.22. The van der Waals surface area contributed by atoms with Crippen LogP contribution in [-0.2, 0) is 6.54 Å². The molecule has 1 aromatic carbocycles. The Bertz CT molecular complexity index is 398. The molecule has 0 aromatic heterocycles. The van der Waals surface area contributed by atoms with E-state index in [1.54, 1.807) is 6.07 Å². The number of rotatable bonds is 3. The topological polar surface area (TPSA) is 43.8 Å². The van der Waals surface area contributed by atoms with Gasteiger partial charge in [-0.3, -0.25) is 9.69 Å². The largest absolute Gasteiger partial charge is 0.507 e. The normalized spacial score (nSPS) is 18.2. The van der Waals surface area contributed by atoms with Crippen LogP contribution in [0.1, 0.15) is 15.9 Å². The van der Waals surface area contributed by atoms with Gasteiger partial charge in [-0.1, -0.05) is 12.1 Å². The van der Waals surface area contributed by atoms with Crippen molar-refractivity contribution < 1.29 is 9.90 Å². The molecule has 0 aliphatic carbocycles. The number of hydrogen-bond acceptors (Lipinski definition) is 4. The molecule has 1 N–H and O–H groups in total. The van der Waals surface area contributed by atoms with Gasteiger partial charge in [0.05, 0.1) is 5.56 Å². The molecule has 1 saturated heterocycles. The van der Waals surface area contributed by atoms with E-state index < -0.39 is 0 Å². The standard InChI is InChI=1S/C13H18N2O2/c1-14-5-7-15(8-6-14)9-11-3-2-4-12(10-16)13(11)17/h2-4,10,17H,5-9H2,1H3. The highest BCUT2D eigenvalue weighted by Gasteiger charge is 2.16. The predicted molar refractivity (Wildman–Crippen MR) is 66.3 cm³/mol. The highest BCUT2D eigenvalue weighted by molar-refractivity contribution is 5.79. The molecule has 1 aliphatic rings. The second-order valence-electron chi connectivity index (χ2n) is 4.55. The molecule has 92 valence electrons. The van der Waals surface area contributed by atoms with Gasteiger partial charge >= 0.3 is 0 Å². The summed E-state index contributed by atoms with van der Waals surface area (Å²) in [6, 6.07) is 5.32. The molecular formula is C13H18N2O2. The van der Waals surface area contributed by atoms with Crippen molar-refractivity contribution >= 4 is 6.29 Å². The first-order valence-electron chi connectivity index (χ1n) is 5.87. The summed E-state index contributed by atoms with van der Waals surface area (Å²) in [6.45, 7) is 4.81. The summed E-state index contributed by atoms with van der Waals surface area (Å²) in [5.41, 5.74) is 1.20. The number of hydrogen-bond donors (Lipinski definition) is 1. The fourth-order valence-electron chi connectivity index (χ4n) is 2.08. The zero-order chi connectivity index (χ0) is 12.3. The minimum Gasteiger partial charge on any atom is -0.507 e. The molecule has 1 aliphatic heterocycles. The van der Waals surface area contributed by atoms with Crippen molar-refractivity contribution in [3.63, 3.8) is 0 Å². The summed E-state index contributed by atoms with van der Waals surface area (Å²) in [5, 5.41) is 9.90. The third-order valence-electron chi connectivity index (χ3n) is 3.27. The van der Waals surface area contributed by atoms with Crippen LogP contribution in [0.3, 0.4) is 0 Å². The molecule has 0 atom stereocenters. The van der Waals surface area contributed by atoms with E-state index in [9.17, 15) is 9.90 Å². The zero-order valence-electron chi connectivity index (χ0n) is 10.1. The Morgan fingerprint density at radius 1 is 1.29 bits per heavy atom. The number of phenols is 1. The van der Waals surface area contributed by atoms with Gasteiger partial charge in [-0.2, -0.15) is 0 Å². The van der Waals surface area contributed by atoms with Crippen LogP contribution in [0, 0.1) is 0 Å². The average Bonchev–Trinajstić information content (AvgIpc) is 2.35. The van der Waals surface area contributed by atoms with Gasteiger partial charge in [-0.05, 0) is 13.1 Å². The van der Waals surface area contributed by atoms with Crippen LogP contribution in [0.2, 0.25) is 0 Å². The van der Waals surface area contributed by atoms with Gasteiger partial charge in [0.2, 0.25) is 0 Å². The lowest BCUT2D eigenvalue weighted by Gasteiger charge is -2.32. The van der Waals surface area contributed by atoms with Crippen LogP contribution < -0.4 is 0 Å². The lowest BCUT2D eigenvalue weighted by atomic mass is 10.1. The number of aldehydes is 1. The first kappa shape index (κ1) is 12.1. The van der Waals surface area contributed by atoms with Crippen LogP contribution in [-0.4, -0.2) is 54.4 Å². The number of carbonyl (C=O) groups is 1. The lowest BCUT2D eigenvalue weighted by molar-refractivity contribution is 0.112. The number of likely N-dealkylation sites (N-methyl/N-ethyl adjacent to an activating group) is 1. The van der Waals surface area contributed by atoms with Crippen LogP contribution in [0.25, 0.3) is 0 Å². The summed E-state index contributed by atoms with van der Waals surface area (Å²) < 4.78 is 0. The van der Waals surface area contributed by atoms with Crippen molar-refractivity contribution in [1.82, 2.24) is 9.80 Å². The maximum Gasteiger partial charge on any atom is 0.153 e. The molecule has 0 saturated carbocycles. The van der Waals surface area contributed by atoms with Crippen LogP contribution in [0.4, 0.5) is 0 Å². The number of para-hydroxylation sites is 1. The minimum atomic E-state index is 0.126. The van der Waals surface area contributed by atoms with Crippen LogP contribution in [0.15, 0.2) is 18.2 Å². The third kappa shape index (κ3) is 2.84. The van der Waals surface area contributed by atoms with Crippen LogP contribution >= 0.6 is 0 Å². The molecule has 4 heteroatoms. The fourth-order valence-corrected chi connectivity index (χ4v) is 2.08. The second kappa shape index (κ2) is 5.29. The molecule has 4 nitrogen and oxygen atoms in total. The van der Waals surface area contributed by atoms with Crippen molar-refractivity contribution in [3.8, 4) is 5.75 Å². The molecule has 1 aromatic rings. The zero-order valence-corrected chi connectivity index (χ0v) is 10.1. The molecule has 0 bridgehead atoms. The van der Waals surface area contributed by atoms with Gasteiger partial charge in [0.25, 0.3) is 0 Å². The smallest absolute Gasteiger partial charge is 0.153 e. The quantitative estimate of drug-likeness (QED) is 0.791. The van der Waals surface area contributed by atoms with Crippen molar-refractivity contribution in [1.29, 1.82) is 0 Å². The number of piperazine rings is 1. The summed E-state index contributed by atoms with van der Waals surface area (Å²) in [6.07, 6.45) is 0.697. The van der Waals surface area contributed by atoms with Gasteiger partial charge in [-0.25, -0.2) is 0 Å².